The number of aromatic nitrogens is 5. The molecule has 4 heterocycles. The summed E-state index contributed by atoms with van der Waals surface area (Å²) in [7, 11) is 0. The van der Waals surface area contributed by atoms with Crippen LogP contribution in [0.2, 0.25) is 0 Å². The largest absolute Gasteiger partial charge is 0.341 e. The number of nitrogens with one attached hydrogen (secondary N) is 1. The molecule has 1 saturated heterocycles. The molecule has 0 unspecified atom stereocenters. The highest BCUT2D eigenvalue weighted by Gasteiger charge is 2.19. The van der Waals surface area contributed by atoms with E-state index in [9.17, 15) is 0 Å². The van der Waals surface area contributed by atoms with Gasteiger partial charge in [-0.05, 0) is 18.2 Å². The number of piperazine rings is 1. The van der Waals surface area contributed by atoms with Crippen molar-refractivity contribution in [3.63, 3.8) is 0 Å². The van der Waals surface area contributed by atoms with Crippen molar-refractivity contribution >= 4 is 5.95 Å². The summed E-state index contributed by atoms with van der Waals surface area (Å²) in [5.74, 6) is 1.71. The predicted molar refractivity (Wildman–Crippen MR) is 91.3 cm³/mol. The zero-order valence-corrected chi connectivity index (χ0v) is 13.3. The van der Waals surface area contributed by atoms with Gasteiger partial charge in [-0.2, -0.15) is 0 Å². The van der Waals surface area contributed by atoms with Gasteiger partial charge in [0.15, 0.2) is 0 Å². The standard InChI is InChI=1S/C17H19N7/c1-4-19-17(20-5-1)24-10-8-23(9-11-24)13-15-12-21-16(22-15)14-2-6-18-7-3-14/h1-7,12H,8-11,13H2,(H,21,22). The van der Waals surface area contributed by atoms with Crippen LogP contribution in [0.3, 0.4) is 0 Å². The lowest BCUT2D eigenvalue weighted by molar-refractivity contribution is 0.246. The fourth-order valence-corrected chi connectivity index (χ4v) is 2.90. The molecule has 0 aliphatic carbocycles. The van der Waals surface area contributed by atoms with Gasteiger partial charge >= 0.3 is 0 Å². The van der Waals surface area contributed by atoms with Crippen LogP contribution in [-0.2, 0) is 6.54 Å². The molecule has 0 radical (unpaired) electrons. The molecule has 0 spiro atoms. The lowest BCUT2D eigenvalue weighted by atomic mass is 10.2. The van der Waals surface area contributed by atoms with Gasteiger partial charge in [-0.15, -0.1) is 0 Å². The molecule has 1 aliphatic rings. The molecule has 0 atom stereocenters. The smallest absolute Gasteiger partial charge is 0.225 e. The first-order valence-electron chi connectivity index (χ1n) is 8.07. The van der Waals surface area contributed by atoms with Gasteiger partial charge in [0.25, 0.3) is 0 Å². The van der Waals surface area contributed by atoms with E-state index in [2.05, 4.69) is 34.7 Å². The average Bonchev–Trinajstić information content (AvgIpc) is 3.12. The summed E-state index contributed by atoms with van der Waals surface area (Å²) in [6.07, 6.45) is 9.06. The van der Waals surface area contributed by atoms with Gasteiger partial charge in [0, 0.05) is 75.0 Å². The van der Waals surface area contributed by atoms with Crippen LogP contribution >= 0.6 is 0 Å². The molecule has 7 heteroatoms. The zero-order valence-electron chi connectivity index (χ0n) is 13.3. The molecule has 1 fully saturated rings. The number of aromatic amines is 1. The second kappa shape index (κ2) is 6.76. The molecule has 24 heavy (non-hydrogen) atoms. The van der Waals surface area contributed by atoms with Crippen LogP contribution in [0.25, 0.3) is 11.4 Å². The van der Waals surface area contributed by atoms with Gasteiger partial charge in [-0.3, -0.25) is 9.88 Å². The normalized spacial score (nSPS) is 15.6. The summed E-state index contributed by atoms with van der Waals surface area (Å²) in [6, 6.07) is 5.76. The Morgan fingerprint density at radius 1 is 0.917 bits per heavy atom. The van der Waals surface area contributed by atoms with E-state index in [1.807, 2.05) is 24.4 Å². The lowest BCUT2D eigenvalue weighted by Crippen LogP contribution is -2.46. The van der Waals surface area contributed by atoms with E-state index < -0.39 is 0 Å². The summed E-state index contributed by atoms with van der Waals surface area (Å²) in [4.78, 5) is 25.2. The van der Waals surface area contributed by atoms with E-state index in [1.165, 1.54) is 0 Å². The Morgan fingerprint density at radius 2 is 1.67 bits per heavy atom. The van der Waals surface area contributed by atoms with Crippen molar-refractivity contribution in [1.29, 1.82) is 0 Å². The molecule has 1 aliphatic heterocycles. The van der Waals surface area contributed by atoms with Crippen molar-refractivity contribution in [3.05, 3.63) is 54.9 Å². The highest BCUT2D eigenvalue weighted by Crippen LogP contribution is 2.16. The Labute approximate surface area is 140 Å². The van der Waals surface area contributed by atoms with Crippen molar-refractivity contribution in [2.24, 2.45) is 0 Å². The number of imidazole rings is 1. The summed E-state index contributed by atoms with van der Waals surface area (Å²) in [5, 5.41) is 0. The van der Waals surface area contributed by atoms with E-state index >= 15 is 0 Å². The Kier molecular flexibility index (Phi) is 4.16. The van der Waals surface area contributed by atoms with Crippen molar-refractivity contribution in [2.45, 2.75) is 6.54 Å². The maximum atomic E-state index is 4.47. The molecule has 4 rings (SSSR count). The van der Waals surface area contributed by atoms with Crippen molar-refractivity contribution in [3.8, 4) is 11.4 Å². The topological polar surface area (TPSA) is 73.8 Å². The summed E-state index contributed by atoms with van der Waals surface area (Å²) in [6.45, 7) is 4.73. The highest BCUT2D eigenvalue weighted by atomic mass is 15.3. The minimum Gasteiger partial charge on any atom is -0.341 e. The van der Waals surface area contributed by atoms with Gasteiger partial charge in [-0.1, -0.05) is 0 Å². The second-order valence-corrected chi connectivity index (χ2v) is 5.80. The second-order valence-electron chi connectivity index (χ2n) is 5.80. The molecule has 0 bridgehead atoms. The first kappa shape index (κ1) is 14.8. The molecule has 0 saturated carbocycles. The van der Waals surface area contributed by atoms with Crippen LogP contribution in [-0.4, -0.2) is 56.0 Å². The minimum atomic E-state index is 0.818. The molecular formula is C17H19N7. The summed E-state index contributed by atoms with van der Waals surface area (Å²) >= 11 is 0. The number of hydrogen-bond donors (Lipinski definition) is 1. The lowest BCUT2D eigenvalue weighted by Gasteiger charge is -2.34. The van der Waals surface area contributed by atoms with Crippen molar-refractivity contribution < 1.29 is 0 Å². The van der Waals surface area contributed by atoms with Crippen LogP contribution in [0.5, 0.6) is 0 Å². The highest BCUT2D eigenvalue weighted by molar-refractivity contribution is 5.53. The number of hydrogen-bond acceptors (Lipinski definition) is 6. The third-order valence-electron chi connectivity index (χ3n) is 4.18. The summed E-state index contributed by atoms with van der Waals surface area (Å²) in [5.41, 5.74) is 2.19. The van der Waals surface area contributed by atoms with Crippen LogP contribution in [0.15, 0.2) is 49.2 Å². The van der Waals surface area contributed by atoms with Crippen LogP contribution < -0.4 is 4.90 Å². The van der Waals surface area contributed by atoms with E-state index in [-0.39, 0.29) is 0 Å². The van der Waals surface area contributed by atoms with E-state index in [0.717, 1.165) is 55.8 Å². The van der Waals surface area contributed by atoms with Gasteiger partial charge in [0.1, 0.15) is 5.82 Å². The predicted octanol–water partition coefficient (Wildman–Crippen LogP) is 1.58. The Bertz CT molecular complexity index is 764. The number of anilines is 1. The Morgan fingerprint density at radius 3 is 2.42 bits per heavy atom. The minimum absolute atomic E-state index is 0.818. The maximum Gasteiger partial charge on any atom is 0.225 e. The number of pyridine rings is 1. The quantitative estimate of drug-likeness (QED) is 0.786. The third-order valence-corrected chi connectivity index (χ3v) is 4.18. The zero-order chi connectivity index (χ0) is 16.2. The van der Waals surface area contributed by atoms with Gasteiger partial charge in [0.05, 0.1) is 0 Å². The fourth-order valence-electron chi connectivity index (χ4n) is 2.90. The first-order chi connectivity index (χ1) is 11.9. The first-order valence-corrected chi connectivity index (χ1v) is 8.07. The number of nitrogens with zero attached hydrogens (tertiary/aromatic N) is 6. The molecule has 7 nitrogen and oxygen atoms in total. The van der Waals surface area contributed by atoms with Gasteiger partial charge in [0.2, 0.25) is 5.95 Å². The maximum absolute atomic E-state index is 4.47. The molecule has 122 valence electrons. The fraction of sp³-hybridized carbons (Fsp3) is 0.294. The average molecular weight is 321 g/mol. The molecule has 3 aromatic rings. The SMILES string of the molecule is c1cnc(N2CCN(Cc3cnc(-c4ccncc4)[nH]3)CC2)nc1. The molecule has 0 amide bonds. The summed E-state index contributed by atoms with van der Waals surface area (Å²) < 4.78 is 0. The third kappa shape index (κ3) is 3.26. The van der Waals surface area contributed by atoms with E-state index in [4.69, 9.17) is 0 Å². The van der Waals surface area contributed by atoms with Crippen molar-refractivity contribution in [1.82, 2.24) is 29.8 Å². The van der Waals surface area contributed by atoms with Crippen molar-refractivity contribution in [2.75, 3.05) is 31.1 Å². The molecule has 1 N–H and O–H groups in total. The van der Waals surface area contributed by atoms with Gasteiger partial charge < -0.3 is 9.88 Å². The Hall–Kier alpha value is -2.80. The van der Waals surface area contributed by atoms with Crippen LogP contribution in [0, 0.1) is 0 Å². The number of H-pyrrole nitrogens is 1. The Balaban J connectivity index is 1.35. The van der Waals surface area contributed by atoms with Gasteiger partial charge in [-0.25, -0.2) is 15.0 Å². The van der Waals surface area contributed by atoms with Crippen LogP contribution in [0.1, 0.15) is 5.69 Å². The van der Waals surface area contributed by atoms with E-state index in [0.29, 0.717) is 0 Å². The molecular weight excluding hydrogens is 302 g/mol. The molecule has 0 aromatic carbocycles. The molecule has 3 aromatic heterocycles. The monoisotopic (exact) mass is 321 g/mol. The van der Waals surface area contributed by atoms with Crippen LogP contribution in [0.4, 0.5) is 5.95 Å². The number of rotatable bonds is 4. The van der Waals surface area contributed by atoms with E-state index in [1.54, 1.807) is 24.8 Å².